The van der Waals surface area contributed by atoms with Crippen molar-refractivity contribution in [1.29, 1.82) is 0 Å². The molecule has 0 saturated heterocycles. The van der Waals surface area contributed by atoms with Crippen molar-refractivity contribution in [2.45, 2.75) is 26.5 Å². The van der Waals surface area contributed by atoms with Gasteiger partial charge in [-0.1, -0.05) is 6.07 Å². The highest BCUT2D eigenvalue weighted by atomic mass is 19.3. The van der Waals surface area contributed by atoms with Crippen molar-refractivity contribution in [1.82, 2.24) is 4.90 Å². The van der Waals surface area contributed by atoms with E-state index in [0.29, 0.717) is 19.7 Å². The van der Waals surface area contributed by atoms with Gasteiger partial charge in [-0.2, -0.15) is 8.78 Å². The summed E-state index contributed by atoms with van der Waals surface area (Å²) in [7, 11) is 3.20. The van der Waals surface area contributed by atoms with Crippen LogP contribution in [0.15, 0.2) is 18.2 Å². The van der Waals surface area contributed by atoms with Crippen molar-refractivity contribution in [2.75, 3.05) is 27.3 Å². The van der Waals surface area contributed by atoms with Crippen molar-refractivity contribution in [2.24, 2.45) is 0 Å². The summed E-state index contributed by atoms with van der Waals surface area (Å²) in [6.45, 7) is 0.299. The molecule has 5 nitrogen and oxygen atoms in total. The summed E-state index contributed by atoms with van der Waals surface area (Å²) in [6.07, 6.45) is 0.290. The molecule has 0 atom stereocenters. The second kappa shape index (κ2) is 9.19. The molecule has 0 aliphatic carbocycles. The van der Waals surface area contributed by atoms with Gasteiger partial charge in [0.05, 0.1) is 20.1 Å². The van der Waals surface area contributed by atoms with Crippen LogP contribution in [0, 0.1) is 0 Å². The second-order valence-corrected chi connectivity index (χ2v) is 4.66. The molecule has 0 heterocycles. The van der Waals surface area contributed by atoms with Crippen LogP contribution in [0.5, 0.6) is 11.5 Å². The van der Waals surface area contributed by atoms with E-state index in [2.05, 4.69) is 9.47 Å². The molecule has 1 aromatic rings. The maximum atomic E-state index is 12.3. The second-order valence-electron chi connectivity index (χ2n) is 4.66. The number of nitrogens with zero attached hydrogens (tertiary/aromatic N) is 1. The lowest BCUT2D eigenvalue weighted by atomic mass is 10.2. The van der Waals surface area contributed by atoms with Crippen molar-refractivity contribution >= 4 is 5.97 Å². The number of halogens is 2. The third-order valence-electron chi connectivity index (χ3n) is 2.90. The maximum absolute atomic E-state index is 12.3. The van der Waals surface area contributed by atoms with E-state index in [4.69, 9.17) is 4.74 Å². The predicted octanol–water partition coefficient (Wildman–Crippen LogP) is 2.68. The summed E-state index contributed by atoms with van der Waals surface area (Å²) in [5.74, 6) is 0.0158. The number of esters is 1. The maximum Gasteiger partial charge on any atom is 0.387 e. The Labute approximate surface area is 128 Å². The summed E-state index contributed by atoms with van der Waals surface area (Å²) in [5, 5.41) is 0. The third-order valence-corrected chi connectivity index (χ3v) is 2.90. The summed E-state index contributed by atoms with van der Waals surface area (Å²) < 4.78 is 39.0. The van der Waals surface area contributed by atoms with Crippen LogP contribution in [0.25, 0.3) is 0 Å². The quantitative estimate of drug-likeness (QED) is 0.655. The lowest BCUT2D eigenvalue weighted by Crippen LogP contribution is -2.22. The zero-order chi connectivity index (χ0) is 16.5. The minimum atomic E-state index is -2.90. The van der Waals surface area contributed by atoms with Crippen LogP contribution in [0.2, 0.25) is 0 Å². The van der Waals surface area contributed by atoms with Gasteiger partial charge in [-0.25, -0.2) is 0 Å². The Kier molecular flexibility index (Phi) is 7.59. The molecule has 0 bridgehead atoms. The van der Waals surface area contributed by atoms with Crippen LogP contribution in [0.3, 0.4) is 0 Å². The molecule has 0 saturated carbocycles. The molecule has 0 aliphatic heterocycles. The largest absolute Gasteiger partial charge is 0.490 e. The Morgan fingerprint density at radius 3 is 2.64 bits per heavy atom. The van der Waals surface area contributed by atoms with E-state index in [1.807, 2.05) is 11.9 Å². The van der Waals surface area contributed by atoms with E-state index >= 15 is 0 Å². The van der Waals surface area contributed by atoms with Gasteiger partial charge < -0.3 is 19.1 Å². The number of carbonyl (C=O) groups is 1. The van der Waals surface area contributed by atoms with Crippen molar-refractivity contribution in [3.8, 4) is 11.5 Å². The van der Waals surface area contributed by atoms with E-state index in [0.717, 1.165) is 5.56 Å². The monoisotopic (exact) mass is 317 g/mol. The standard InChI is InChI=1S/C15H21F2NO4/c1-4-21-13-9-11(5-6-12(13)22-15(16)17)10-18(2)8-7-14(19)20-3/h5-6,9,15H,4,7-8,10H2,1-3H3. The molecule has 0 fully saturated rings. The van der Waals surface area contributed by atoms with Crippen molar-refractivity contribution in [3.63, 3.8) is 0 Å². The Balaban J connectivity index is 2.70. The Bertz CT molecular complexity index is 483. The average molecular weight is 317 g/mol. The Hall–Kier alpha value is -1.89. The van der Waals surface area contributed by atoms with Gasteiger partial charge >= 0.3 is 12.6 Å². The molecule has 1 aromatic carbocycles. The van der Waals surface area contributed by atoms with Gasteiger partial charge in [0.25, 0.3) is 0 Å². The smallest absolute Gasteiger partial charge is 0.387 e. The molecular weight excluding hydrogens is 296 g/mol. The number of benzene rings is 1. The zero-order valence-corrected chi connectivity index (χ0v) is 13.0. The molecule has 124 valence electrons. The number of ether oxygens (including phenoxy) is 3. The highest BCUT2D eigenvalue weighted by Crippen LogP contribution is 2.30. The van der Waals surface area contributed by atoms with Crippen LogP contribution < -0.4 is 9.47 Å². The van der Waals surface area contributed by atoms with Crippen LogP contribution >= 0.6 is 0 Å². The molecule has 0 radical (unpaired) electrons. The van der Waals surface area contributed by atoms with E-state index in [1.165, 1.54) is 13.2 Å². The van der Waals surface area contributed by atoms with E-state index in [9.17, 15) is 13.6 Å². The van der Waals surface area contributed by atoms with E-state index in [-0.39, 0.29) is 23.9 Å². The number of hydrogen-bond donors (Lipinski definition) is 0. The van der Waals surface area contributed by atoms with Crippen molar-refractivity contribution in [3.05, 3.63) is 23.8 Å². The first kappa shape index (κ1) is 18.2. The minimum absolute atomic E-state index is 0.0119. The molecule has 7 heteroatoms. The summed E-state index contributed by atoms with van der Waals surface area (Å²) in [5.41, 5.74) is 0.873. The van der Waals surface area contributed by atoms with Crippen molar-refractivity contribution < 1.29 is 27.8 Å². The fourth-order valence-corrected chi connectivity index (χ4v) is 1.89. The SMILES string of the molecule is CCOc1cc(CN(C)CCC(=O)OC)ccc1OC(F)F. The van der Waals surface area contributed by atoms with Gasteiger partial charge in [-0.05, 0) is 31.7 Å². The molecule has 0 N–H and O–H groups in total. The molecule has 0 spiro atoms. The topological polar surface area (TPSA) is 48.0 Å². The molecule has 1 rings (SSSR count). The van der Waals surface area contributed by atoms with Crippen LogP contribution in [0.4, 0.5) is 8.78 Å². The fourth-order valence-electron chi connectivity index (χ4n) is 1.89. The lowest BCUT2D eigenvalue weighted by molar-refractivity contribution is -0.140. The number of rotatable bonds is 9. The highest BCUT2D eigenvalue weighted by molar-refractivity contribution is 5.69. The van der Waals surface area contributed by atoms with E-state index < -0.39 is 6.61 Å². The molecule has 0 aromatic heterocycles. The Morgan fingerprint density at radius 1 is 1.32 bits per heavy atom. The van der Waals surface area contributed by atoms with Crippen LogP contribution in [-0.2, 0) is 16.1 Å². The number of alkyl halides is 2. The van der Waals surface area contributed by atoms with Gasteiger partial charge in [-0.3, -0.25) is 4.79 Å². The average Bonchev–Trinajstić information content (AvgIpc) is 2.47. The first-order valence-corrected chi connectivity index (χ1v) is 6.92. The fraction of sp³-hybridized carbons (Fsp3) is 0.533. The van der Waals surface area contributed by atoms with Gasteiger partial charge in [0.2, 0.25) is 0 Å². The van der Waals surface area contributed by atoms with Gasteiger partial charge in [0.1, 0.15) is 0 Å². The Morgan fingerprint density at radius 2 is 2.05 bits per heavy atom. The summed E-state index contributed by atoms with van der Waals surface area (Å²) in [6, 6.07) is 4.81. The molecule has 22 heavy (non-hydrogen) atoms. The van der Waals surface area contributed by atoms with Crippen LogP contribution in [0.1, 0.15) is 18.9 Å². The molecular formula is C15H21F2NO4. The third kappa shape index (κ3) is 6.26. The van der Waals surface area contributed by atoms with E-state index in [1.54, 1.807) is 19.1 Å². The lowest BCUT2D eigenvalue weighted by Gasteiger charge is -2.18. The molecule has 0 unspecified atom stereocenters. The van der Waals surface area contributed by atoms with Crippen LogP contribution in [-0.4, -0.2) is 44.8 Å². The predicted molar refractivity (Wildman–Crippen MR) is 77.2 cm³/mol. The number of hydrogen-bond acceptors (Lipinski definition) is 5. The highest BCUT2D eigenvalue weighted by Gasteiger charge is 2.12. The number of methoxy groups -OCH3 is 1. The summed E-state index contributed by atoms with van der Waals surface area (Å²) >= 11 is 0. The van der Waals surface area contributed by atoms with Gasteiger partial charge in [0, 0.05) is 13.1 Å². The zero-order valence-electron chi connectivity index (χ0n) is 13.0. The summed E-state index contributed by atoms with van der Waals surface area (Å²) in [4.78, 5) is 13.0. The molecule has 0 aliphatic rings. The number of carbonyl (C=O) groups excluding carboxylic acids is 1. The first-order chi connectivity index (χ1) is 10.5. The minimum Gasteiger partial charge on any atom is -0.490 e. The van der Waals surface area contributed by atoms with Gasteiger partial charge in [-0.15, -0.1) is 0 Å². The normalized spacial score (nSPS) is 10.9. The molecule has 0 amide bonds. The van der Waals surface area contributed by atoms with Gasteiger partial charge in [0.15, 0.2) is 11.5 Å². The first-order valence-electron chi connectivity index (χ1n) is 6.92.